The summed E-state index contributed by atoms with van der Waals surface area (Å²) in [4.78, 5) is 26.0. The van der Waals surface area contributed by atoms with Crippen molar-refractivity contribution in [3.8, 4) is 5.75 Å². The predicted octanol–water partition coefficient (Wildman–Crippen LogP) is 3.11. The second-order valence-corrected chi connectivity index (χ2v) is 6.79. The average Bonchev–Trinajstić information content (AvgIpc) is 2.81. The zero-order valence-corrected chi connectivity index (χ0v) is 14.8. The molecule has 1 aromatic rings. The van der Waals surface area contributed by atoms with E-state index < -0.39 is 5.97 Å². The van der Waals surface area contributed by atoms with Crippen LogP contribution in [0, 0.1) is 5.41 Å². The van der Waals surface area contributed by atoms with Crippen molar-refractivity contribution in [2.24, 2.45) is 5.41 Å². The topological polar surface area (TPSA) is 55.8 Å². The lowest BCUT2D eigenvalue weighted by Gasteiger charge is -2.41. The smallest absolute Gasteiger partial charge is 0.337 e. The van der Waals surface area contributed by atoms with Crippen molar-refractivity contribution in [3.63, 3.8) is 0 Å². The Hall–Kier alpha value is -2.56. The highest BCUT2D eigenvalue weighted by Crippen LogP contribution is 2.38. The van der Waals surface area contributed by atoms with Crippen LogP contribution in [-0.4, -0.2) is 36.5 Å². The Balaban J connectivity index is 1.95. The third kappa shape index (κ3) is 3.31. The van der Waals surface area contributed by atoms with E-state index in [9.17, 15) is 9.59 Å². The van der Waals surface area contributed by atoms with Crippen molar-refractivity contribution in [2.45, 2.75) is 32.9 Å². The van der Waals surface area contributed by atoms with Crippen LogP contribution in [0.25, 0.3) is 0 Å². The number of methoxy groups -OCH3 is 1. The predicted molar refractivity (Wildman–Crippen MR) is 94.3 cm³/mol. The maximum absolute atomic E-state index is 12.3. The highest BCUT2D eigenvalue weighted by Gasteiger charge is 2.39. The van der Waals surface area contributed by atoms with Gasteiger partial charge in [0, 0.05) is 24.4 Å². The summed E-state index contributed by atoms with van der Waals surface area (Å²) in [5.74, 6) is 0.251. The van der Waals surface area contributed by atoms with Gasteiger partial charge in [0.1, 0.15) is 12.4 Å². The maximum atomic E-state index is 12.3. The molecule has 2 atom stereocenters. The summed E-state index contributed by atoms with van der Waals surface area (Å²) in [7, 11) is 1.35. The van der Waals surface area contributed by atoms with Crippen LogP contribution >= 0.6 is 0 Å². The third-order valence-electron chi connectivity index (χ3n) is 5.05. The molecule has 1 aliphatic heterocycles. The van der Waals surface area contributed by atoms with E-state index >= 15 is 0 Å². The molecule has 0 N–H and O–H groups in total. The van der Waals surface area contributed by atoms with Gasteiger partial charge >= 0.3 is 5.97 Å². The van der Waals surface area contributed by atoms with Crippen molar-refractivity contribution in [3.05, 3.63) is 53.6 Å². The van der Waals surface area contributed by atoms with Crippen LogP contribution in [0.3, 0.4) is 0 Å². The summed E-state index contributed by atoms with van der Waals surface area (Å²) in [6.45, 7) is 4.58. The van der Waals surface area contributed by atoms with Gasteiger partial charge < -0.3 is 14.4 Å². The molecule has 0 aromatic heterocycles. The molecule has 5 heteroatoms. The first kappa shape index (κ1) is 17.3. The maximum Gasteiger partial charge on any atom is 0.337 e. The summed E-state index contributed by atoms with van der Waals surface area (Å²) in [6, 6.07) is 5.15. The Morgan fingerprint density at radius 1 is 1.32 bits per heavy atom. The van der Waals surface area contributed by atoms with Crippen LogP contribution in [-0.2, 0) is 16.1 Å². The van der Waals surface area contributed by atoms with Gasteiger partial charge in [0.05, 0.1) is 18.7 Å². The molecule has 1 unspecified atom stereocenters. The van der Waals surface area contributed by atoms with Gasteiger partial charge in [-0.1, -0.05) is 37.3 Å². The molecule has 0 radical (unpaired) electrons. The second-order valence-electron chi connectivity index (χ2n) is 6.79. The number of amides is 1. The molecule has 0 saturated heterocycles. The largest absolute Gasteiger partial charge is 0.491 e. The number of hydrogen-bond donors (Lipinski definition) is 0. The van der Waals surface area contributed by atoms with E-state index in [4.69, 9.17) is 9.47 Å². The lowest BCUT2D eigenvalue weighted by molar-refractivity contribution is -0.134. The number of carbonyl (C=O) groups is 2. The van der Waals surface area contributed by atoms with Crippen LogP contribution in [0.4, 0.5) is 0 Å². The van der Waals surface area contributed by atoms with Gasteiger partial charge in [0.25, 0.3) is 0 Å². The second kappa shape index (κ2) is 6.75. The van der Waals surface area contributed by atoms with E-state index in [0.29, 0.717) is 24.5 Å². The van der Waals surface area contributed by atoms with E-state index in [1.165, 1.54) is 7.11 Å². The van der Waals surface area contributed by atoms with Crippen LogP contribution < -0.4 is 4.74 Å². The number of fused-ring (bicyclic) bond motifs is 1. The summed E-state index contributed by atoms with van der Waals surface area (Å²) in [5.41, 5.74) is 1.15. The molecule has 132 valence electrons. The summed E-state index contributed by atoms with van der Waals surface area (Å²) in [6.07, 6.45) is 9.16. The lowest BCUT2D eigenvalue weighted by atomic mass is 9.76. The van der Waals surface area contributed by atoms with E-state index in [0.717, 1.165) is 12.0 Å². The Morgan fingerprint density at radius 3 is 2.76 bits per heavy atom. The molecular weight excluding hydrogens is 318 g/mol. The van der Waals surface area contributed by atoms with Gasteiger partial charge in [-0.2, -0.15) is 0 Å². The number of benzene rings is 1. The Morgan fingerprint density at radius 2 is 2.12 bits per heavy atom. The number of rotatable bonds is 2. The normalized spacial score (nSPS) is 24.9. The minimum absolute atomic E-state index is 0.0164. The van der Waals surface area contributed by atoms with Gasteiger partial charge in [0.15, 0.2) is 0 Å². The molecule has 1 aliphatic carbocycles. The van der Waals surface area contributed by atoms with Crippen molar-refractivity contribution in [2.75, 3.05) is 13.7 Å². The number of carbonyl (C=O) groups excluding carboxylic acids is 2. The average molecular weight is 341 g/mol. The standard InChI is InChI=1S/C20H23NO4/c1-14(22)21-12-16-8-7-15(19(23)24-3)11-17(16)25-13-18(21)20(2)9-5-4-6-10-20/h4-9,11,18H,10,12-13H2,1-3H3/t18-,20?/m1/s1. The molecule has 1 aromatic carbocycles. The van der Waals surface area contributed by atoms with Crippen LogP contribution in [0.5, 0.6) is 5.75 Å². The fraction of sp³-hybridized carbons (Fsp3) is 0.400. The SMILES string of the molecule is COC(=O)c1ccc2c(c1)OC[C@H](C1(C)C=CC=CC1)N(C(C)=O)C2. The molecule has 0 bridgehead atoms. The number of esters is 1. The van der Waals surface area contributed by atoms with Crippen molar-refractivity contribution in [1.82, 2.24) is 4.90 Å². The molecular formula is C20H23NO4. The Labute approximate surface area is 147 Å². The molecule has 0 saturated carbocycles. The van der Waals surface area contributed by atoms with Gasteiger partial charge in [-0.3, -0.25) is 4.79 Å². The first-order valence-corrected chi connectivity index (χ1v) is 8.40. The molecule has 1 amide bonds. The zero-order chi connectivity index (χ0) is 18.0. The van der Waals surface area contributed by atoms with Crippen molar-refractivity contribution < 1.29 is 19.1 Å². The lowest BCUT2D eigenvalue weighted by Crippen LogP contribution is -2.50. The third-order valence-corrected chi connectivity index (χ3v) is 5.05. The van der Waals surface area contributed by atoms with E-state index in [-0.39, 0.29) is 17.4 Å². The monoisotopic (exact) mass is 341 g/mol. The van der Waals surface area contributed by atoms with E-state index in [1.54, 1.807) is 19.1 Å². The Bertz CT molecular complexity index is 752. The number of allylic oxidation sites excluding steroid dienone is 3. The zero-order valence-electron chi connectivity index (χ0n) is 14.8. The molecule has 3 rings (SSSR count). The fourth-order valence-electron chi connectivity index (χ4n) is 3.48. The Kier molecular flexibility index (Phi) is 4.66. The quantitative estimate of drug-likeness (QED) is 0.776. The van der Waals surface area contributed by atoms with Crippen LogP contribution in [0.15, 0.2) is 42.5 Å². The first-order chi connectivity index (χ1) is 11.9. The summed E-state index contributed by atoms with van der Waals surface area (Å²) < 4.78 is 10.8. The minimum Gasteiger partial charge on any atom is -0.491 e. The molecule has 2 aliphatic rings. The van der Waals surface area contributed by atoms with Crippen molar-refractivity contribution in [1.29, 1.82) is 0 Å². The van der Waals surface area contributed by atoms with Gasteiger partial charge in [-0.25, -0.2) is 4.79 Å². The molecule has 0 spiro atoms. The molecule has 1 heterocycles. The number of ether oxygens (including phenoxy) is 2. The molecule has 5 nitrogen and oxygen atoms in total. The van der Waals surface area contributed by atoms with Gasteiger partial charge in [-0.15, -0.1) is 0 Å². The van der Waals surface area contributed by atoms with Gasteiger partial charge in [0.2, 0.25) is 5.91 Å². The fourth-order valence-corrected chi connectivity index (χ4v) is 3.48. The summed E-state index contributed by atoms with van der Waals surface area (Å²) >= 11 is 0. The van der Waals surface area contributed by atoms with Crippen molar-refractivity contribution >= 4 is 11.9 Å². The number of nitrogens with zero attached hydrogens (tertiary/aromatic N) is 1. The first-order valence-electron chi connectivity index (χ1n) is 8.40. The van der Waals surface area contributed by atoms with E-state index in [2.05, 4.69) is 19.1 Å². The van der Waals surface area contributed by atoms with E-state index in [1.807, 2.05) is 23.1 Å². The summed E-state index contributed by atoms with van der Waals surface area (Å²) in [5, 5.41) is 0. The number of hydrogen-bond acceptors (Lipinski definition) is 4. The minimum atomic E-state index is -0.400. The van der Waals surface area contributed by atoms with Crippen LogP contribution in [0.2, 0.25) is 0 Å². The highest BCUT2D eigenvalue weighted by molar-refractivity contribution is 5.90. The van der Waals surface area contributed by atoms with Crippen LogP contribution in [0.1, 0.15) is 36.2 Å². The molecule has 0 fully saturated rings. The highest BCUT2D eigenvalue weighted by atomic mass is 16.5. The molecule has 25 heavy (non-hydrogen) atoms. The van der Waals surface area contributed by atoms with Gasteiger partial charge in [-0.05, 0) is 18.6 Å².